The summed E-state index contributed by atoms with van der Waals surface area (Å²) in [4.78, 5) is 12.4. The van der Waals surface area contributed by atoms with Crippen LogP contribution in [0.25, 0.3) is 0 Å². The molecule has 72 valence electrons. The molecule has 0 radical (unpaired) electrons. The van der Waals surface area contributed by atoms with Gasteiger partial charge in [0.25, 0.3) is 0 Å². The Labute approximate surface area is 86.7 Å². The molecule has 2 N–H and O–H groups in total. The second-order valence-electron chi connectivity index (χ2n) is 2.86. The van der Waals surface area contributed by atoms with Gasteiger partial charge in [-0.2, -0.15) is 0 Å². The second kappa shape index (κ2) is 4.74. The van der Waals surface area contributed by atoms with Gasteiger partial charge in [-0.15, -0.1) is 11.3 Å². The van der Waals surface area contributed by atoms with E-state index in [-0.39, 0.29) is 11.8 Å². The Hall–Kier alpha value is -0.380. The van der Waals surface area contributed by atoms with Crippen LogP contribution >= 0.6 is 22.9 Å². The molecule has 4 heteroatoms. The molecule has 0 aliphatic carbocycles. The lowest BCUT2D eigenvalue weighted by atomic mass is 10.1. The van der Waals surface area contributed by atoms with Crippen molar-refractivity contribution in [3.8, 4) is 0 Å². The van der Waals surface area contributed by atoms with E-state index in [1.54, 1.807) is 6.07 Å². The summed E-state index contributed by atoms with van der Waals surface area (Å²) < 4.78 is 0.716. The highest BCUT2D eigenvalue weighted by Crippen LogP contribution is 2.22. The topological polar surface area (TPSA) is 43.1 Å². The van der Waals surface area contributed by atoms with E-state index in [4.69, 9.17) is 17.3 Å². The van der Waals surface area contributed by atoms with Crippen LogP contribution in [0, 0.1) is 0 Å². The van der Waals surface area contributed by atoms with Crippen molar-refractivity contribution in [2.75, 3.05) is 0 Å². The van der Waals surface area contributed by atoms with Gasteiger partial charge in [-0.1, -0.05) is 18.5 Å². The predicted molar refractivity (Wildman–Crippen MR) is 56.3 cm³/mol. The van der Waals surface area contributed by atoms with E-state index in [0.717, 1.165) is 4.88 Å². The van der Waals surface area contributed by atoms with E-state index in [9.17, 15) is 4.79 Å². The molecule has 0 saturated heterocycles. The molecule has 0 aromatic carbocycles. The number of hydrogen-bond donors (Lipinski definition) is 1. The molecule has 0 amide bonds. The van der Waals surface area contributed by atoms with E-state index in [1.165, 1.54) is 11.3 Å². The maximum atomic E-state index is 11.4. The number of hydrogen-bond acceptors (Lipinski definition) is 3. The molecule has 0 aliphatic rings. The molecule has 0 bridgehead atoms. The third kappa shape index (κ3) is 3.10. The average molecular weight is 218 g/mol. The SMILES string of the molecule is CCC(N)C(=O)Cc1ccc(Cl)s1. The fourth-order valence-corrected chi connectivity index (χ4v) is 2.07. The minimum Gasteiger partial charge on any atom is -0.322 e. The minimum atomic E-state index is -0.333. The largest absolute Gasteiger partial charge is 0.322 e. The van der Waals surface area contributed by atoms with Crippen molar-refractivity contribution >= 4 is 28.7 Å². The van der Waals surface area contributed by atoms with Gasteiger partial charge in [0, 0.05) is 11.3 Å². The molecule has 1 aromatic rings. The normalized spacial score (nSPS) is 12.8. The van der Waals surface area contributed by atoms with Gasteiger partial charge in [-0.25, -0.2) is 0 Å². The molecule has 1 atom stereocenters. The number of halogens is 1. The van der Waals surface area contributed by atoms with E-state index in [1.807, 2.05) is 13.0 Å². The van der Waals surface area contributed by atoms with Crippen LogP contribution in [0.5, 0.6) is 0 Å². The summed E-state index contributed by atoms with van der Waals surface area (Å²) in [5.74, 6) is 0.0843. The molecule has 1 aromatic heterocycles. The van der Waals surface area contributed by atoms with Crippen molar-refractivity contribution < 1.29 is 4.79 Å². The van der Waals surface area contributed by atoms with Gasteiger partial charge in [-0.05, 0) is 18.6 Å². The van der Waals surface area contributed by atoms with Crippen molar-refractivity contribution in [3.63, 3.8) is 0 Å². The van der Waals surface area contributed by atoms with Crippen LogP contribution < -0.4 is 5.73 Å². The van der Waals surface area contributed by atoms with Crippen LogP contribution in [0.3, 0.4) is 0 Å². The summed E-state index contributed by atoms with van der Waals surface area (Å²) in [6, 6.07) is 3.33. The molecule has 1 heterocycles. The third-order valence-electron chi connectivity index (χ3n) is 1.83. The van der Waals surface area contributed by atoms with Gasteiger partial charge in [0.05, 0.1) is 10.4 Å². The highest BCUT2D eigenvalue weighted by atomic mass is 35.5. The number of carbonyl (C=O) groups is 1. The first-order valence-electron chi connectivity index (χ1n) is 4.16. The first-order valence-corrected chi connectivity index (χ1v) is 5.35. The van der Waals surface area contributed by atoms with E-state index < -0.39 is 0 Å². The summed E-state index contributed by atoms with van der Waals surface area (Å²) in [5, 5.41) is 0. The summed E-state index contributed by atoms with van der Waals surface area (Å²) in [5.41, 5.74) is 5.59. The molecule has 0 saturated carbocycles. The Balaban J connectivity index is 2.54. The van der Waals surface area contributed by atoms with Crippen molar-refractivity contribution in [2.45, 2.75) is 25.8 Å². The van der Waals surface area contributed by atoms with Crippen molar-refractivity contribution in [1.29, 1.82) is 0 Å². The Morgan fingerprint density at radius 1 is 1.69 bits per heavy atom. The standard InChI is InChI=1S/C9H12ClNOS/c1-2-7(11)8(12)5-6-3-4-9(10)13-6/h3-4,7H,2,5,11H2,1H3. The van der Waals surface area contributed by atoms with Crippen molar-refractivity contribution in [1.82, 2.24) is 0 Å². The first-order chi connectivity index (χ1) is 6.13. The van der Waals surface area contributed by atoms with Crippen LogP contribution in [0.1, 0.15) is 18.2 Å². The Morgan fingerprint density at radius 3 is 2.85 bits per heavy atom. The average Bonchev–Trinajstić information content (AvgIpc) is 2.49. The van der Waals surface area contributed by atoms with E-state index >= 15 is 0 Å². The highest BCUT2D eigenvalue weighted by Gasteiger charge is 2.12. The summed E-state index contributed by atoms with van der Waals surface area (Å²) in [6.45, 7) is 1.91. The number of Topliss-reactive ketones (excluding diaryl/α,β-unsaturated/α-hetero) is 1. The molecule has 0 fully saturated rings. The number of carbonyl (C=O) groups excluding carboxylic acids is 1. The number of thiophene rings is 1. The first kappa shape index (κ1) is 10.7. The second-order valence-corrected chi connectivity index (χ2v) is 4.66. The smallest absolute Gasteiger partial charge is 0.154 e. The summed E-state index contributed by atoms with van der Waals surface area (Å²) in [7, 11) is 0. The molecule has 13 heavy (non-hydrogen) atoms. The zero-order chi connectivity index (χ0) is 9.84. The predicted octanol–water partition coefficient (Wildman–Crippen LogP) is 2.25. The van der Waals surface area contributed by atoms with Crippen LogP contribution in [0.15, 0.2) is 12.1 Å². The zero-order valence-corrected chi connectivity index (χ0v) is 8.99. The van der Waals surface area contributed by atoms with Gasteiger partial charge < -0.3 is 5.73 Å². The van der Waals surface area contributed by atoms with Gasteiger partial charge >= 0.3 is 0 Å². The maximum Gasteiger partial charge on any atom is 0.154 e. The lowest BCUT2D eigenvalue weighted by molar-refractivity contribution is -0.119. The molecule has 1 rings (SSSR count). The molecular formula is C9H12ClNOS. The minimum absolute atomic E-state index is 0.0843. The zero-order valence-electron chi connectivity index (χ0n) is 7.42. The van der Waals surface area contributed by atoms with Gasteiger partial charge in [-0.3, -0.25) is 4.79 Å². The Morgan fingerprint density at radius 2 is 2.38 bits per heavy atom. The van der Waals surface area contributed by atoms with Crippen LogP contribution in [-0.2, 0) is 11.2 Å². The summed E-state index contributed by atoms with van der Waals surface area (Å²) in [6.07, 6.45) is 1.10. The molecule has 0 aliphatic heterocycles. The lowest BCUT2D eigenvalue weighted by Crippen LogP contribution is -2.30. The molecular weight excluding hydrogens is 206 g/mol. The summed E-state index contributed by atoms with van der Waals surface area (Å²) >= 11 is 7.17. The van der Waals surface area contributed by atoms with E-state index in [0.29, 0.717) is 17.2 Å². The number of rotatable bonds is 4. The van der Waals surface area contributed by atoms with Crippen LogP contribution in [0.4, 0.5) is 0 Å². The lowest BCUT2D eigenvalue weighted by Gasteiger charge is -2.05. The quantitative estimate of drug-likeness (QED) is 0.841. The van der Waals surface area contributed by atoms with Gasteiger partial charge in [0.1, 0.15) is 0 Å². The fraction of sp³-hybridized carbons (Fsp3) is 0.444. The van der Waals surface area contributed by atoms with Crippen molar-refractivity contribution in [2.24, 2.45) is 5.73 Å². The van der Waals surface area contributed by atoms with Crippen LogP contribution in [0.2, 0.25) is 4.34 Å². The van der Waals surface area contributed by atoms with E-state index in [2.05, 4.69) is 0 Å². The maximum absolute atomic E-state index is 11.4. The molecule has 1 unspecified atom stereocenters. The van der Waals surface area contributed by atoms with Crippen LogP contribution in [-0.4, -0.2) is 11.8 Å². The third-order valence-corrected chi connectivity index (χ3v) is 3.06. The molecule has 2 nitrogen and oxygen atoms in total. The Bertz CT molecular complexity index is 298. The highest BCUT2D eigenvalue weighted by molar-refractivity contribution is 7.16. The monoisotopic (exact) mass is 217 g/mol. The number of nitrogens with two attached hydrogens (primary N) is 1. The molecule has 0 spiro atoms. The van der Waals surface area contributed by atoms with Gasteiger partial charge in [0.15, 0.2) is 5.78 Å². The van der Waals surface area contributed by atoms with Gasteiger partial charge in [0.2, 0.25) is 0 Å². The number of ketones is 1. The Kier molecular flexibility index (Phi) is 3.90. The fourth-order valence-electron chi connectivity index (χ4n) is 0.977. The van der Waals surface area contributed by atoms with Crippen molar-refractivity contribution in [3.05, 3.63) is 21.3 Å².